The molecule has 0 saturated carbocycles. The Morgan fingerprint density at radius 1 is 1.12 bits per heavy atom. The predicted molar refractivity (Wildman–Crippen MR) is 107 cm³/mol. The van der Waals surface area contributed by atoms with Crippen LogP contribution in [0.4, 0.5) is 0 Å². The SMILES string of the molecule is CCOc1c(Cl)cc(CNC(C)CCc2ccccc2)cc1OC.Cl. The summed E-state index contributed by atoms with van der Waals surface area (Å²) in [5.41, 5.74) is 2.46. The third-order valence-corrected chi connectivity index (χ3v) is 4.22. The van der Waals surface area contributed by atoms with Crippen LogP contribution in [0.3, 0.4) is 0 Å². The van der Waals surface area contributed by atoms with Crippen LogP contribution in [0.15, 0.2) is 42.5 Å². The zero-order valence-corrected chi connectivity index (χ0v) is 16.6. The zero-order valence-electron chi connectivity index (χ0n) is 15.0. The van der Waals surface area contributed by atoms with Gasteiger partial charge in [0.15, 0.2) is 11.5 Å². The molecule has 0 radical (unpaired) electrons. The Balaban J connectivity index is 0.00000312. The smallest absolute Gasteiger partial charge is 0.179 e. The molecule has 2 rings (SSSR count). The van der Waals surface area contributed by atoms with Gasteiger partial charge in [0.2, 0.25) is 0 Å². The molecule has 1 atom stereocenters. The summed E-state index contributed by atoms with van der Waals surface area (Å²) in [6.45, 7) is 5.44. The fourth-order valence-corrected chi connectivity index (χ4v) is 2.87. The minimum absolute atomic E-state index is 0. The van der Waals surface area contributed by atoms with Crippen molar-refractivity contribution in [2.45, 2.75) is 39.3 Å². The lowest BCUT2D eigenvalue weighted by Gasteiger charge is -2.16. The van der Waals surface area contributed by atoms with E-state index in [2.05, 4.69) is 36.5 Å². The normalized spacial score (nSPS) is 11.5. The van der Waals surface area contributed by atoms with Crippen LogP contribution < -0.4 is 14.8 Å². The third kappa shape index (κ3) is 6.77. The van der Waals surface area contributed by atoms with E-state index in [0.717, 1.165) is 24.9 Å². The van der Waals surface area contributed by atoms with E-state index in [4.69, 9.17) is 21.1 Å². The molecule has 0 aliphatic rings. The minimum atomic E-state index is 0. The number of aryl methyl sites for hydroxylation is 1. The quantitative estimate of drug-likeness (QED) is 0.638. The molecule has 5 heteroatoms. The second-order valence-electron chi connectivity index (χ2n) is 5.85. The van der Waals surface area contributed by atoms with Gasteiger partial charge in [-0.15, -0.1) is 12.4 Å². The summed E-state index contributed by atoms with van der Waals surface area (Å²) in [7, 11) is 1.63. The molecular weight excluding hydrogens is 357 g/mol. The lowest BCUT2D eigenvalue weighted by Crippen LogP contribution is -2.26. The van der Waals surface area contributed by atoms with Crippen LogP contribution in [0.25, 0.3) is 0 Å². The first-order valence-electron chi connectivity index (χ1n) is 8.40. The van der Waals surface area contributed by atoms with Crippen molar-refractivity contribution in [3.05, 3.63) is 58.6 Å². The highest BCUT2D eigenvalue weighted by atomic mass is 35.5. The average molecular weight is 384 g/mol. The molecule has 1 unspecified atom stereocenters. The van der Waals surface area contributed by atoms with Crippen molar-refractivity contribution in [3.63, 3.8) is 0 Å². The standard InChI is InChI=1S/C20H26ClNO2.ClH/c1-4-24-20-18(21)12-17(13-19(20)23-3)14-22-15(2)10-11-16-8-6-5-7-9-16;/h5-9,12-13,15,22H,4,10-11,14H2,1-3H3;1H. The molecule has 25 heavy (non-hydrogen) atoms. The molecule has 0 spiro atoms. The van der Waals surface area contributed by atoms with Gasteiger partial charge in [-0.2, -0.15) is 0 Å². The fourth-order valence-electron chi connectivity index (χ4n) is 2.58. The van der Waals surface area contributed by atoms with Crippen molar-refractivity contribution in [3.8, 4) is 11.5 Å². The molecule has 138 valence electrons. The highest BCUT2D eigenvalue weighted by Crippen LogP contribution is 2.36. The average Bonchev–Trinajstić information content (AvgIpc) is 2.61. The summed E-state index contributed by atoms with van der Waals surface area (Å²) >= 11 is 6.32. The molecule has 0 saturated heterocycles. The molecule has 0 aliphatic heterocycles. The Bertz CT molecular complexity index is 635. The van der Waals surface area contributed by atoms with Gasteiger partial charge in [-0.3, -0.25) is 0 Å². The molecule has 0 fully saturated rings. The first-order chi connectivity index (χ1) is 11.6. The Labute approximate surface area is 162 Å². The number of benzene rings is 2. The first-order valence-corrected chi connectivity index (χ1v) is 8.78. The topological polar surface area (TPSA) is 30.5 Å². The van der Waals surface area contributed by atoms with Gasteiger partial charge < -0.3 is 14.8 Å². The number of hydrogen-bond donors (Lipinski definition) is 1. The van der Waals surface area contributed by atoms with E-state index in [1.54, 1.807) is 7.11 Å². The van der Waals surface area contributed by atoms with E-state index in [1.165, 1.54) is 5.56 Å². The molecule has 0 heterocycles. The molecule has 2 aromatic rings. The number of nitrogens with one attached hydrogen (secondary N) is 1. The van der Waals surface area contributed by atoms with Gasteiger partial charge in [0.1, 0.15) is 0 Å². The summed E-state index contributed by atoms with van der Waals surface area (Å²) in [5, 5.41) is 4.13. The van der Waals surface area contributed by atoms with Crippen molar-refractivity contribution in [1.82, 2.24) is 5.32 Å². The Morgan fingerprint density at radius 2 is 1.84 bits per heavy atom. The molecule has 0 aliphatic carbocycles. The zero-order chi connectivity index (χ0) is 17.4. The van der Waals surface area contributed by atoms with Gasteiger partial charge >= 0.3 is 0 Å². The number of ether oxygens (including phenoxy) is 2. The van der Waals surface area contributed by atoms with Crippen molar-refractivity contribution in [2.75, 3.05) is 13.7 Å². The van der Waals surface area contributed by atoms with Crippen LogP contribution in [-0.4, -0.2) is 19.8 Å². The van der Waals surface area contributed by atoms with Crippen LogP contribution in [0.5, 0.6) is 11.5 Å². The van der Waals surface area contributed by atoms with Gasteiger partial charge in [-0.1, -0.05) is 41.9 Å². The van der Waals surface area contributed by atoms with Crippen molar-refractivity contribution < 1.29 is 9.47 Å². The van der Waals surface area contributed by atoms with Crippen molar-refractivity contribution in [2.24, 2.45) is 0 Å². The predicted octanol–water partition coefficient (Wildman–Crippen LogP) is 5.28. The summed E-state index contributed by atoms with van der Waals surface area (Å²) in [6, 6.07) is 14.9. The molecule has 0 aromatic heterocycles. The van der Waals surface area contributed by atoms with E-state index in [9.17, 15) is 0 Å². The van der Waals surface area contributed by atoms with Crippen molar-refractivity contribution >= 4 is 24.0 Å². The largest absolute Gasteiger partial charge is 0.493 e. The maximum absolute atomic E-state index is 6.32. The first kappa shape index (κ1) is 21.6. The third-order valence-electron chi connectivity index (χ3n) is 3.94. The fraction of sp³-hybridized carbons (Fsp3) is 0.400. The van der Waals surface area contributed by atoms with E-state index < -0.39 is 0 Å². The van der Waals surface area contributed by atoms with Gasteiger partial charge in [0, 0.05) is 12.6 Å². The molecule has 1 N–H and O–H groups in total. The molecule has 3 nitrogen and oxygen atoms in total. The molecular formula is C20H27Cl2NO2. The van der Waals surface area contributed by atoms with E-state index in [0.29, 0.717) is 29.2 Å². The van der Waals surface area contributed by atoms with Crippen LogP contribution in [0.2, 0.25) is 5.02 Å². The van der Waals surface area contributed by atoms with Crippen LogP contribution >= 0.6 is 24.0 Å². The van der Waals surface area contributed by atoms with Crippen molar-refractivity contribution in [1.29, 1.82) is 0 Å². The maximum Gasteiger partial charge on any atom is 0.179 e. The number of hydrogen-bond acceptors (Lipinski definition) is 3. The van der Waals surface area contributed by atoms with Crippen LogP contribution in [0, 0.1) is 0 Å². The lowest BCUT2D eigenvalue weighted by atomic mass is 10.1. The molecule has 2 aromatic carbocycles. The second kappa shape index (κ2) is 11.2. The lowest BCUT2D eigenvalue weighted by molar-refractivity contribution is 0.311. The highest BCUT2D eigenvalue weighted by molar-refractivity contribution is 6.32. The maximum atomic E-state index is 6.32. The molecule has 0 bridgehead atoms. The minimum Gasteiger partial charge on any atom is -0.493 e. The summed E-state index contributed by atoms with van der Waals surface area (Å²) in [5.74, 6) is 1.29. The number of methoxy groups -OCH3 is 1. The summed E-state index contributed by atoms with van der Waals surface area (Å²) in [6.07, 6.45) is 2.16. The van der Waals surface area contributed by atoms with E-state index >= 15 is 0 Å². The second-order valence-corrected chi connectivity index (χ2v) is 6.26. The Kier molecular flexibility index (Phi) is 9.73. The van der Waals surface area contributed by atoms with Gasteiger partial charge in [-0.25, -0.2) is 0 Å². The number of halogens is 2. The summed E-state index contributed by atoms with van der Waals surface area (Å²) < 4.78 is 10.9. The van der Waals surface area contributed by atoms with E-state index in [1.807, 2.05) is 25.1 Å². The van der Waals surface area contributed by atoms with E-state index in [-0.39, 0.29) is 12.4 Å². The number of rotatable bonds is 9. The highest BCUT2D eigenvalue weighted by Gasteiger charge is 2.12. The Morgan fingerprint density at radius 3 is 2.48 bits per heavy atom. The van der Waals surface area contributed by atoms with Gasteiger partial charge in [0.25, 0.3) is 0 Å². The van der Waals surface area contributed by atoms with Gasteiger partial charge in [-0.05, 0) is 49.9 Å². The summed E-state index contributed by atoms with van der Waals surface area (Å²) in [4.78, 5) is 0. The Hall–Kier alpha value is -1.42. The van der Waals surface area contributed by atoms with Crippen LogP contribution in [-0.2, 0) is 13.0 Å². The van der Waals surface area contributed by atoms with Crippen LogP contribution in [0.1, 0.15) is 31.4 Å². The molecule has 0 amide bonds. The van der Waals surface area contributed by atoms with Gasteiger partial charge in [0.05, 0.1) is 18.7 Å². The monoisotopic (exact) mass is 383 g/mol.